The average Bonchev–Trinajstić information content (AvgIpc) is 2.71. The summed E-state index contributed by atoms with van der Waals surface area (Å²) in [6, 6.07) is 2.06. The number of halogens is 1. The van der Waals surface area contributed by atoms with E-state index in [0.717, 1.165) is 13.1 Å². The lowest BCUT2D eigenvalue weighted by Crippen LogP contribution is -2.35. The topological polar surface area (TPSA) is 36.4 Å². The van der Waals surface area contributed by atoms with E-state index in [1.54, 1.807) is 18.5 Å². The first-order valence-electron chi connectivity index (χ1n) is 6.06. The molecule has 2 atom stereocenters. The van der Waals surface area contributed by atoms with Crippen molar-refractivity contribution in [2.45, 2.75) is 13.0 Å². The summed E-state index contributed by atoms with van der Waals surface area (Å²) in [5, 5.41) is 0.468. The number of likely N-dealkylation sites (N-methyl/N-ethyl adjacent to an activating group) is 1. The molecule has 98 valence electrons. The van der Waals surface area contributed by atoms with Gasteiger partial charge in [-0.25, -0.2) is 0 Å². The molecule has 1 aromatic heterocycles. The summed E-state index contributed by atoms with van der Waals surface area (Å²) in [5.74, 6) is 0.448. The van der Waals surface area contributed by atoms with Crippen molar-refractivity contribution >= 4 is 17.5 Å². The molecule has 1 fully saturated rings. The van der Waals surface area contributed by atoms with Crippen molar-refractivity contribution in [1.29, 1.82) is 0 Å². The molecule has 0 N–H and O–H groups in total. The Morgan fingerprint density at radius 1 is 1.50 bits per heavy atom. The highest BCUT2D eigenvalue weighted by atomic mass is 35.5. The highest BCUT2D eigenvalue weighted by Gasteiger charge is 2.34. The van der Waals surface area contributed by atoms with Crippen LogP contribution in [0.5, 0.6) is 0 Å². The molecule has 1 aromatic rings. The molecule has 1 aliphatic rings. The predicted octanol–water partition coefficient (Wildman–Crippen LogP) is 1.76. The number of hydrogen-bond donors (Lipinski definition) is 0. The van der Waals surface area contributed by atoms with Crippen molar-refractivity contribution in [2.75, 3.05) is 27.2 Å². The van der Waals surface area contributed by atoms with Gasteiger partial charge >= 0.3 is 0 Å². The molecule has 2 heterocycles. The Morgan fingerprint density at radius 2 is 2.22 bits per heavy atom. The number of amides is 1. The number of carbonyl (C=O) groups is 1. The SMILES string of the molecule is CC1CN(C(=O)c2cnccc2Cl)CC1N(C)C. The van der Waals surface area contributed by atoms with Gasteiger partial charge in [-0.2, -0.15) is 0 Å². The van der Waals surface area contributed by atoms with Crippen molar-refractivity contribution < 1.29 is 4.79 Å². The average molecular weight is 268 g/mol. The molecule has 1 aliphatic heterocycles. The van der Waals surface area contributed by atoms with Gasteiger partial charge in [0.25, 0.3) is 5.91 Å². The highest BCUT2D eigenvalue weighted by Crippen LogP contribution is 2.23. The minimum Gasteiger partial charge on any atom is -0.337 e. The molecular formula is C13H18ClN3O. The van der Waals surface area contributed by atoms with E-state index in [1.165, 1.54) is 0 Å². The fourth-order valence-corrected chi connectivity index (χ4v) is 2.68. The lowest BCUT2D eigenvalue weighted by Gasteiger charge is -2.22. The maximum Gasteiger partial charge on any atom is 0.257 e. The number of rotatable bonds is 2. The fourth-order valence-electron chi connectivity index (χ4n) is 2.49. The smallest absolute Gasteiger partial charge is 0.257 e. The van der Waals surface area contributed by atoms with Crippen molar-refractivity contribution in [3.8, 4) is 0 Å². The second kappa shape index (κ2) is 5.24. The van der Waals surface area contributed by atoms with E-state index < -0.39 is 0 Å². The number of likely N-dealkylation sites (tertiary alicyclic amines) is 1. The molecule has 2 unspecified atom stereocenters. The molecule has 18 heavy (non-hydrogen) atoms. The van der Waals surface area contributed by atoms with Crippen molar-refractivity contribution in [1.82, 2.24) is 14.8 Å². The third kappa shape index (κ3) is 2.49. The molecular weight excluding hydrogens is 250 g/mol. The van der Waals surface area contributed by atoms with Gasteiger partial charge in [0.2, 0.25) is 0 Å². The van der Waals surface area contributed by atoms with Gasteiger partial charge in [-0.3, -0.25) is 9.78 Å². The normalized spacial score (nSPS) is 23.7. The standard InChI is InChI=1S/C13H18ClN3O/c1-9-7-17(8-12(9)16(2)3)13(18)10-6-15-5-4-11(10)14/h4-6,9,12H,7-8H2,1-3H3. The van der Waals surface area contributed by atoms with Gasteiger partial charge in [0.1, 0.15) is 0 Å². The fraction of sp³-hybridized carbons (Fsp3) is 0.538. The Hall–Kier alpha value is -1.13. The highest BCUT2D eigenvalue weighted by molar-refractivity contribution is 6.33. The van der Waals surface area contributed by atoms with Crippen LogP contribution in [0.2, 0.25) is 5.02 Å². The van der Waals surface area contributed by atoms with Crippen LogP contribution in [0.15, 0.2) is 18.5 Å². The maximum atomic E-state index is 12.4. The quantitative estimate of drug-likeness (QED) is 0.819. The zero-order chi connectivity index (χ0) is 13.3. The second-order valence-corrected chi connectivity index (χ2v) is 5.48. The Balaban J connectivity index is 2.15. The van der Waals surface area contributed by atoms with Gasteiger partial charge in [-0.1, -0.05) is 18.5 Å². The van der Waals surface area contributed by atoms with Gasteiger partial charge in [0.15, 0.2) is 0 Å². The number of hydrogen-bond acceptors (Lipinski definition) is 3. The molecule has 5 heteroatoms. The largest absolute Gasteiger partial charge is 0.337 e. The third-order valence-electron chi connectivity index (χ3n) is 3.52. The van der Waals surface area contributed by atoms with Gasteiger partial charge in [0, 0.05) is 31.5 Å². The number of pyridine rings is 1. The lowest BCUT2D eigenvalue weighted by molar-refractivity contribution is 0.0781. The zero-order valence-corrected chi connectivity index (χ0v) is 11.7. The minimum absolute atomic E-state index is 0.0238. The van der Waals surface area contributed by atoms with Crippen LogP contribution in [0.4, 0.5) is 0 Å². The van der Waals surface area contributed by atoms with Gasteiger partial charge < -0.3 is 9.80 Å². The monoisotopic (exact) mass is 267 g/mol. The van der Waals surface area contributed by atoms with Crippen LogP contribution in [0.3, 0.4) is 0 Å². The first kappa shape index (κ1) is 13.3. The van der Waals surface area contributed by atoms with E-state index in [1.807, 2.05) is 19.0 Å². The zero-order valence-electron chi connectivity index (χ0n) is 10.9. The number of nitrogens with zero attached hydrogens (tertiary/aromatic N) is 3. The molecule has 0 bridgehead atoms. The number of carbonyl (C=O) groups excluding carboxylic acids is 1. The van der Waals surface area contributed by atoms with Crippen LogP contribution < -0.4 is 0 Å². The summed E-state index contributed by atoms with van der Waals surface area (Å²) in [6.07, 6.45) is 3.13. The van der Waals surface area contributed by atoms with Gasteiger partial charge in [-0.15, -0.1) is 0 Å². The van der Waals surface area contributed by atoms with Gasteiger partial charge in [-0.05, 0) is 26.1 Å². The summed E-state index contributed by atoms with van der Waals surface area (Å²) < 4.78 is 0. The third-order valence-corrected chi connectivity index (χ3v) is 3.85. The maximum absolute atomic E-state index is 12.4. The lowest BCUT2D eigenvalue weighted by atomic mass is 10.1. The molecule has 1 amide bonds. The molecule has 0 aliphatic carbocycles. The van der Waals surface area contributed by atoms with E-state index in [2.05, 4.69) is 16.8 Å². The van der Waals surface area contributed by atoms with Gasteiger partial charge in [0.05, 0.1) is 10.6 Å². The van der Waals surface area contributed by atoms with E-state index in [9.17, 15) is 4.79 Å². The van der Waals surface area contributed by atoms with Crippen LogP contribution in [0.25, 0.3) is 0 Å². The Morgan fingerprint density at radius 3 is 2.78 bits per heavy atom. The Bertz CT molecular complexity index is 450. The summed E-state index contributed by atoms with van der Waals surface area (Å²) in [7, 11) is 4.10. The first-order chi connectivity index (χ1) is 8.50. The molecule has 0 radical (unpaired) electrons. The Kier molecular flexibility index (Phi) is 3.88. The molecule has 1 saturated heterocycles. The van der Waals surface area contributed by atoms with E-state index >= 15 is 0 Å². The summed E-state index contributed by atoms with van der Waals surface area (Å²) in [6.45, 7) is 3.69. The van der Waals surface area contributed by atoms with Crippen LogP contribution >= 0.6 is 11.6 Å². The van der Waals surface area contributed by atoms with Crippen LogP contribution in [0.1, 0.15) is 17.3 Å². The molecule has 0 saturated carbocycles. The van der Waals surface area contributed by atoms with Crippen molar-refractivity contribution in [2.24, 2.45) is 5.92 Å². The summed E-state index contributed by atoms with van der Waals surface area (Å²) >= 11 is 6.03. The molecule has 0 spiro atoms. The molecule has 4 nitrogen and oxygen atoms in total. The van der Waals surface area contributed by atoms with Crippen LogP contribution in [-0.2, 0) is 0 Å². The molecule has 0 aromatic carbocycles. The summed E-state index contributed by atoms with van der Waals surface area (Å²) in [5.41, 5.74) is 0.491. The van der Waals surface area contributed by atoms with E-state index in [-0.39, 0.29) is 5.91 Å². The van der Waals surface area contributed by atoms with Crippen molar-refractivity contribution in [3.63, 3.8) is 0 Å². The number of aromatic nitrogens is 1. The predicted molar refractivity (Wildman–Crippen MR) is 71.8 cm³/mol. The van der Waals surface area contributed by atoms with Crippen LogP contribution in [-0.4, -0.2) is 53.9 Å². The van der Waals surface area contributed by atoms with E-state index in [0.29, 0.717) is 22.5 Å². The van der Waals surface area contributed by atoms with Crippen molar-refractivity contribution in [3.05, 3.63) is 29.0 Å². The minimum atomic E-state index is -0.0238. The second-order valence-electron chi connectivity index (χ2n) is 5.07. The first-order valence-corrected chi connectivity index (χ1v) is 6.43. The summed E-state index contributed by atoms with van der Waals surface area (Å²) in [4.78, 5) is 20.4. The Labute approximate surface area is 113 Å². The molecule has 2 rings (SSSR count). The van der Waals surface area contributed by atoms with E-state index in [4.69, 9.17) is 11.6 Å². The van der Waals surface area contributed by atoms with Crippen LogP contribution in [0, 0.1) is 5.92 Å².